The van der Waals surface area contributed by atoms with Crippen LogP contribution in [0.1, 0.15) is 36.6 Å². The van der Waals surface area contributed by atoms with Gasteiger partial charge in [-0.25, -0.2) is 0 Å². The molecule has 102 valence electrons. The topological polar surface area (TPSA) is 63.9 Å². The molecule has 4 nitrogen and oxygen atoms in total. The number of hydrogen-bond acceptors (Lipinski definition) is 3. The summed E-state index contributed by atoms with van der Waals surface area (Å²) in [5.74, 6) is 1.86. The van der Waals surface area contributed by atoms with Crippen LogP contribution in [0.2, 0.25) is 0 Å². The lowest BCUT2D eigenvalue weighted by Gasteiger charge is -2.16. The highest BCUT2D eigenvalue weighted by molar-refractivity contribution is 5.79. The molecule has 0 aliphatic carbocycles. The third-order valence-electron chi connectivity index (χ3n) is 3.44. The maximum Gasteiger partial charge on any atom is 0.153 e. The minimum absolute atomic E-state index is 0.391. The lowest BCUT2D eigenvalue weighted by Crippen LogP contribution is -1.98. The number of aromatic amines is 1. The summed E-state index contributed by atoms with van der Waals surface area (Å²) in [6.07, 6.45) is 0. The van der Waals surface area contributed by atoms with E-state index in [1.807, 2.05) is 6.92 Å². The summed E-state index contributed by atoms with van der Waals surface area (Å²) in [5, 5.41) is 7.01. The van der Waals surface area contributed by atoms with E-state index >= 15 is 0 Å². The molecule has 0 atom stereocenters. The summed E-state index contributed by atoms with van der Waals surface area (Å²) in [4.78, 5) is 0. The molecule has 4 heteroatoms. The van der Waals surface area contributed by atoms with Gasteiger partial charge in [0.05, 0.1) is 7.11 Å². The first-order valence-electron chi connectivity index (χ1n) is 6.45. The molecule has 0 saturated carbocycles. The smallest absolute Gasteiger partial charge is 0.153 e. The van der Waals surface area contributed by atoms with E-state index in [4.69, 9.17) is 10.5 Å². The van der Waals surface area contributed by atoms with E-state index in [0.717, 1.165) is 28.1 Å². The van der Waals surface area contributed by atoms with Crippen molar-refractivity contribution in [1.29, 1.82) is 0 Å². The number of rotatable bonds is 3. The quantitative estimate of drug-likeness (QED) is 0.887. The Hall–Kier alpha value is -1.97. The predicted molar refractivity (Wildman–Crippen MR) is 78.6 cm³/mol. The van der Waals surface area contributed by atoms with Crippen molar-refractivity contribution >= 4 is 5.82 Å². The maximum absolute atomic E-state index is 5.97. The van der Waals surface area contributed by atoms with Gasteiger partial charge in [-0.05, 0) is 48.6 Å². The van der Waals surface area contributed by atoms with Gasteiger partial charge in [0.1, 0.15) is 5.75 Å². The van der Waals surface area contributed by atoms with Crippen LogP contribution in [-0.2, 0) is 0 Å². The number of aromatic nitrogens is 2. The maximum atomic E-state index is 5.97. The molecule has 0 fully saturated rings. The molecule has 0 amide bonds. The predicted octanol–water partition coefficient (Wildman–Crippen LogP) is 3.41. The third kappa shape index (κ3) is 2.30. The molecule has 1 aromatic heterocycles. The molecule has 0 bridgehead atoms. The molecule has 1 aromatic carbocycles. The van der Waals surface area contributed by atoms with Gasteiger partial charge in [-0.15, -0.1) is 0 Å². The second-order valence-corrected chi connectivity index (χ2v) is 5.17. The number of nitrogens with zero attached hydrogens (tertiary/aromatic N) is 1. The molecule has 1 heterocycles. The van der Waals surface area contributed by atoms with Crippen LogP contribution < -0.4 is 10.5 Å². The number of nitrogen functional groups attached to an aromatic ring is 1. The number of nitrogens with two attached hydrogens (primary N) is 1. The van der Waals surface area contributed by atoms with Crippen LogP contribution in [0.4, 0.5) is 5.82 Å². The zero-order valence-corrected chi connectivity index (χ0v) is 12.2. The van der Waals surface area contributed by atoms with Gasteiger partial charge in [0.15, 0.2) is 5.82 Å². The Labute approximate surface area is 114 Å². The minimum atomic E-state index is 0.391. The van der Waals surface area contributed by atoms with Crippen molar-refractivity contribution in [2.75, 3.05) is 12.8 Å². The molecule has 3 N–H and O–H groups in total. The number of aryl methyl sites for hydroxylation is 2. The van der Waals surface area contributed by atoms with E-state index in [-0.39, 0.29) is 0 Å². The zero-order chi connectivity index (χ0) is 14.2. The largest absolute Gasteiger partial charge is 0.496 e. The highest BCUT2D eigenvalue weighted by Crippen LogP contribution is 2.37. The van der Waals surface area contributed by atoms with Crippen molar-refractivity contribution in [3.05, 3.63) is 29.0 Å². The molecular weight excluding hydrogens is 238 g/mol. The van der Waals surface area contributed by atoms with Gasteiger partial charge < -0.3 is 10.5 Å². The van der Waals surface area contributed by atoms with Crippen molar-refractivity contribution < 1.29 is 4.74 Å². The Morgan fingerprint density at radius 1 is 1.26 bits per heavy atom. The summed E-state index contributed by atoms with van der Waals surface area (Å²) in [6.45, 7) is 8.36. The number of ether oxygens (including phenoxy) is 1. The fraction of sp³-hybridized carbons (Fsp3) is 0.400. The summed E-state index contributed by atoms with van der Waals surface area (Å²) < 4.78 is 5.47. The van der Waals surface area contributed by atoms with Gasteiger partial charge in [0.25, 0.3) is 0 Å². The second-order valence-electron chi connectivity index (χ2n) is 5.17. The number of nitrogens with one attached hydrogen (secondary N) is 1. The van der Waals surface area contributed by atoms with E-state index in [1.54, 1.807) is 7.11 Å². The molecule has 2 rings (SSSR count). The molecule has 19 heavy (non-hydrogen) atoms. The monoisotopic (exact) mass is 259 g/mol. The Bertz CT molecular complexity index is 580. The van der Waals surface area contributed by atoms with Crippen molar-refractivity contribution in [2.45, 2.75) is 33.6 Å². The molecule has 0 radical (unpaired) electrons. The Morgan fingerprint density at radius 2 is 1.95 bits per heavy atom. The number of methoxy groups -OCH3 is 1. The first-order chi connectivity index (χ1) is 8.95. The molecule has 2 aromatic rings. The summed E-state index contributed by atoms with van der Waals surface area (Å²) in [7, 11) is 1.71. The summed E-state index contributed by atoms with van der Waals surface area (Å²) >= 11 is 0. The first-order valence-corrected chi connectivity index (χ1v) is 6.45. The molecular formula is C15H21N3O. The third-order valence-corrected chi connectivity index (χ3v) is 3.44. The lowest BCUT2D eigenvalue weighted by atomic mass is 9.93. The van der Waals surface area contributed by atoms with Crippen molar-refractivity contribution in [2.24, 2.45) is 0 Å². The Kier molecular flexibility index (Phi) is 3.51. The summed E-state index contributed by atoms with van der Waals surface area (Å²) in [6, 6.07) is 4.23. The molecule has 0 unspecified atom stereocenters. The van der Waals surface area contributed by atoms with Gasteiger partial charge >= 0.3 is 0 Å². The summed E-state index contributed by atoms with van der Waals surface area (Å²) in [5.41, 5.74) is 11.4. The van der Waals surface area contributed by atoms with Crippen LogP contribution in [0.25, 0.3) is 11.1 Å². The SMILES string of the molecule is COc1cc(C)c(-c2c(N)n[nH]c2C)cc1C(C)C. The molecule has 0 saturated heterocycles. The van der Waals surface area contributed by atoms with Crippen LogP contribution in [0.5, 0.6) is 5.75 Å². The fourth-order valence-corrected chi connectivity index (χ4v) is 2.38. The molecule has 0 spiro atoms. The van der Waals surface area contributed by atoms with Crippen LogP contribution >= 0.6 is 0 Å². The van der Waals surface area contributed by atoms with E-state index < -0.39 is 0 Å². The van der Waals surface area contributed by atoms with Crippen LogP contribution in [-0.4, -0.2) is 17.3 Å². The number of hydrogen-bond donors (Lipinski definition) is 2. The fourth-order valence-electron chi connectivity index (χ4n) is 2.38. The number of anilines is 1. The Morgan fingerprint density at radius 3 is 2.42 bits per heavy atom. The van der Waals surface area contributed by atoms with Gasteiger partial charge in [-0.3, -0.25) is 5.10 Å². The van der Waals surface area contributed by atoms with Gasteiger partial charge in [0, 0.05) is 11.3 Å². The highest BCUT2D eigenvalue weighted by Gasteiger charge is 2.16. The van der Waals surface area contributed by atoms with Crippen molar-refractivity contribution in [1.82, 2.24) is 10.2 Å². The standard InChI is InChI=1S/C15H21N3O/c1-8(2)11-7-12(9(3)6-13(11)19-5)14-10(4)17-18-15(14)16/h6-8H,1-5H3,(H3,16,17,18). The minimum Gasteiger partial charge on any atom is -0.496 e. The van der Waals surface area contributed by atoms with E-state index in [0.29, 0.717) is 11.7 Å². The van der Waals surface area contributed by atoms with E-state index in [9.17, 15) is 0 Å². The average Bonchev–Trinajstić information content (AvgIpc) is 2.69. The lowest BCUT2D eigenvalue weighted by molar-refractivity contribution is 0.407. The first kappa shape index (κ1) is 13.5. The van der Waals surface area contributed by atoms with Crippen LogP contribution in [0.15, 0.2) is 12.1 Å². The molecule has 0 aliphatic rings. The van der Waals surface area contributed by atoms with Gasteiger partial charge in [-0.2, -0.15) is 5.10 Å². The van der Waals surface area contributed by atoms with Crippen LogP contribution in [0.3, 0.4) is 0 Å². The van der Waals surface area contributed by atoms with Crippen molar-refractivity contribution in [3.8, 4) is 16.9 Å². The van der Waals surface area contributed by atoms with Gasteiger partial charge in [-0.1, -0.05) is 13.8 Å². The second kappa shape index (κ2) is 4.96. The van der Waals surface area contributed by atoms with Crippen LogP contribution in [0, 0.1) is 13.8 Å². The molecule has 0 aliphatic heterocycles. The number of benzene rings is 1. The highest BCUT2D eigenvalue weighted by atomic mass is 16.5. The number of H-pyrrole nitrogens is 1. The van der Waals surface area contributed by atoms with Gasteiger partial charge in [0.2, 0.25) is 0 Å². The Balaban J connectivity index is 2.68. The van der Waals surface area contributed by atoms with Crippen molar-refractivity contribution in [3.63, 3.8) is 0 Å². The zero-order valence-electron chi connectivity index (χ0n) is 12.2. The average molecular weight is 259 g/mol. The van der Waals surface area contributed by atoms with E-state index in [1.165, 1.54) is 5.56 Å². The normalized spacial score (nSPS) is 11.1. The van der Waals surface area contributed by atoms with E-state index in [2.05, 4.69) is 43.1 Å².